The monoisotopic (exact) mass is 262 g/mol. The Morgan fingerprint density at radius 1 is 1.42 bits per heavy atom. The number of benzene rings is 1. The Hall–Kier alpha value is -2.01. The van der Waals surface area contributed by atoms with Crippen molar-refractivity contribution in [3.8, 4) is 5.75 Å². The molecule has 0 fully saturated rings. The van der Waals surface area contributed by atoms with Crippen LogP contribution in [-0.4, -0.2) is 19.1 Å². The third-order valence-corrected chi connectivity index (χ3v) is 2.75. The van der Waals surface area contributed by atoms with Crippen molar-refractivity contribution < 1.29 is 13.9 Å². The maximum atomic E-state index is 11.4. The second-order valence-corrected chi connectivity index (χ2v) is 4.11. The molecule has 1 aromatic carbocycles. The van der Waals surface area contributed by atoms with Gasteiger partial charge < -0.3 is 20.2 Å². The quantitative estimate of drug-likeness (QED) is 0.832. The molecular formula is C14H18N2O3. The number of carbonyl (C=O) groups excluding carboxylic acids is 1. The summed E-state index contributed by atoms with van der Waals surface area (Å²) in [5.41, 5.74) is 6.39. The van der Waals surface area contributed by atoms with Crippen LogP contribution in [0.3, 0.4) is 0 Å². The summed E-state index contributed by atoms with van der Waals surface area (Å²) in [5.74, 6) is 1.23. The molecule has 0 radical (unpaired) electrons. The molecule has 0 aliphatic carbocycles. The third-order valence-electron chi connectivity index (χ3n) is 2.75. The standard InChI is InChI=1S/C14H18N2O3/c1-2-16-13(17)7-8-18-14-10-5-3-4-6-11(10)19-12(14)9-15/h3-6H,2,7-9,15H2,1H3,(H,16,17). The summed E-state index contributed by atoms with van der Waals surface area (Å²) in [6.07, 6.45) is 0.317. The van der Waals surface area contributed by atoms with Crippen LogP contribution in [0.15, 0.2) is 28.7 Å². The Morgan fingerprint density at radius 3 is 2.95 bits per heavy atom. The molecule has 0 bridgehead atoms. The first-order valence-corrected chi connectivity index (χ1v) is 6.36. The minimum Gasteiger partial charge on any atom is -0.489 e. The van der Waals surface area contributed by atoms with Gasteiger partial charge in [0.1, 0.15) is 5.58 Å². The topological polar surface area (TPSA) is 77.5 Å². The van der Waals surface area contributed by atoms with E-state index in [1.54, 1.807) is 0 Å². The fourth-order valence-electron chi connectivity index (χ4n) is 1.90. The van der Waals surface area contributed by atoms with Gasteiger partial charge in [0.15, 0.2) is 11.5 Å². The van der Waals surface area contributed by atoms with Crippen molar-refractivity contribution in [3.63, 3.8) is 0 Å². The predicted molar refractivity (Wildman–Crippen MR) is 72.9 cm³/mol. The first-order chi connectivity index (χ1) is 9.26. The van der Waals surface area contributed by atoms with E-state index in [4.69, 9.17) is 14.9 Å². The van der Waals surface area contributed by atoms with Crippen LogP contribution in [0.2, 0.25) is 0 Å². The molecule has 0 saturated heterocycles. The molecule has 0 unspecified atom stereocenters. The Morgan fingerprint density at radius 2 is 2.21 bits per heavy atom. The molecule has 2 rings (SSSR count). The summed E-state index contributed by atoms with van der Waals surface area (Å²) in [4.78, 5) is 11.4. The summed E-state index contributed by atoms with van der Waals surface area (Å²) >= 11 is 0. The summed E-state index contributed by atoms with van der Waals surface area (Å²) in [7, 11) is 0. The van der Waals surface area contributed by atoms with E-state index in [0.29, 0.717) is 31.1 Å². The summed E-state index contributed by atoms with van der Waals surface area (Å²) in [6.45, 7) is 3.09. The molecule has 2 aromatic rings. The summed E-state index contributed by atoms with van der Waals surface area (Å²) in [5, 5.41) is 3.61. The van der Waals surface area contributed by atoms with E-state index in [0.717, 1.165) is 11.0 Å². The normalized spacial score (nSPS) is 10.6. The van der Waals surface area contributed by atoms with Gasteiger partial charge in [-0.1, -0.05) is 12.1 Å². The number of fused-ring (bicyclic) bond motifs is 1. The van der Waals surface area contributed by atoms with Crippen LogP contribution in [0, 0.1) is 0 Å². The van der Waals surface area contributed by atoms with Crippen molar-refractivity contribution in [1.29, 1.82) is 0 Å². The van der Waals surface area contributed by atoms with Crippen LogP contribution in [0.5, 0.6) is 5.75 Å². The Labute approximate surface area is 111 Å². The number of furan rings is 1. The van der Waals surface area contributed by atoms with Gasteiger partial charge in [-0.2, -0.15) is 0 Å². The number of hydrogen-bond donors (Lipinski definition) is 2. The highest BCUT2D eigenvalue weighted by Crippen LogP contribution is 2.32. The second-order valence-electron chi connectivity index (χ2n) is 4.11. The Kier molecular flexibility index (Phi) is 4.41. The molecule has 1 amide bonds. The van der Waals surface area contributed by atoms with Gasteiger partial charge in [0.25, 0.3) is 0 Å². The molecule has 102 valence electrons. The maximum absolute atomic E-state index is 11.4. The van der Waals surface area contributed by atoms with Crippen LogP contribution in [0.4, 0.5) is 0 Å². The van der Waals surface area contributed by atoms with Crippen molar-refractivity contribution in [2.24, 2.45) is 5.73 Å². The number of amides is 1. The first-order valence-electron chi connectivity index (χ1n) is 6.36. The number of hydrogen-bond acceptors (Lipinski definition) is 4. The van der Waals surface area contributed by atoms with E-state index >= 15 is 0 Å². The molecule has 0 aliphatic rings. The molecule has 0 atom stereocenters. The maximum Gasteiger partial charge on any atom is 0.223 e. The average molecular weight is 262 g/mol. The SMILES string of the molecule is CCNC(=O)CCOc1c(CN)oc2ccccc12. The van der Waals surface area contributed by atoms with Crippen LogP contribution < -0.4 is 15.8 Å². The van der Waals surface area contributed by atoms with Gasteiger partial charge in [-0.15, -0.1) is 0 Å². The summed E-state index contributed by atoms with van der Waals surface area (Å²) in [6, 6.07) is 7.59. The molecule has 19 heavy (non-hydrogen) atoms. The molecule has 0 saturated carbocycles. The van der Waals surface area contributed by atoms with Crippen LogP contribution in [-0.2, 0) is 11.3 Å². The minimum atomic E-state index is -0.0235. The molecule has 1 aromatic heterocycles. The average Bonchev–Trinajstić information content (AvgIpc) is 2.77. The van der Waals surface area contributed by atoms with Crippen LogP contribution in [0.25, 0.3) is 11.0 Å². The molecular weight excluding hydrogens is 244 g/mol. The zero-order valence-corrected chi connectivity index (χ0v) is 10.9. The molecule has 0 aliphatic heterocycles. The number of carbonyl (C=O) groups is 1. The number of para-hydroxylation sites is 1. The lowest BCUT2D eigenvalue weighted by molar-refractivity contribution is -0.121. The third kappa shape index (κ3) is 3.06. The fraction of sp³-hybridized carbons (Fsp3) is 0.357. The smallest absolute Gasteiger partial charge is 0.223 e. The van der Waals surface area contributed by atoms with Crippen molar-refractivity contribution in [3.05, 3.63) is 30.0 Å². The second kappa shape index (κ2) is 6.24. The van der Waals surface area contributed by atoms with Gasteiger partial charge >= 0.3 is 0 Å². The van der Waals surface area contributed by atoms with Crippen molar-refractivity contribution in [2.75, 3.05) is 13.2 Å². The van der Waals surface area contributed by atoms with Gasteiger partial charge in [-0.25, -0.2) is 0 Å². The van der Waals surface area contributed by atoms with Crippen LogP contribution >= 0.6 is 0 Å². The largest absolute Gasteiger partial charge is 0.489 e. The zero-order valence-electron chi connectivity index (χ0n) is 10.9. The molecule has 3 N–H and O–H groups in total. The number of ether oxygens (including phenoxy) is 1. The highest BCUT2D eigenvalue weighted by molar-refractivity contribution is 5.85. The number of nitrogens with one attached hydrogen (secondary N) is 1. The highest BCUT2D eigenvalue weighted by Gasteiger charge is 2.14. The van der Waals surface area contributed by atoms with Crippen LogP contribution in [0.1, 0.15) is 19.1 Å². The van der Waals surface area contributed by atoms with Gasteiger partial charge in [0.2, 0.25) is 5.91 Å². The molecule has 5 nitrogen and oxygen atoms in total. The lowest BCUT2D eigenvalue weighted by Crippen LogP contribution is -2.24. The first kappa shape index (κ1) is 13.4. The van der Waals surface area contributed by atoms with E-state index in [-0.39, 0.29) is 12.5 Å². The number of rotatable bonds is 6. The molecule has 1 heterocycles. The fourth-order valence-corrected chi connectivity index (χ4v) is 1.90. The minimum absolute atomic E-state index is 0.0235. The van der Waals surface area contributed by atoms with E-state index in [1.807, 2.05) is 31.2 Å². The molecule has 5 heteroatoms. The van der Waals surface area contributed by atoms with E-state index < -0.39 is 0 Å². The van der Waals surface area contributed by atoms with Crippen molar-refractivity contribution >= 4 is 16.9 Å². The van der Waals surface area contributed by atoms with Crippen molar-refractivity contribution in [1.82, 2.24) is 5.32 Å². The van der Waals surface area contributed by atoms with E-state index in [1.165, 1.54) is 0 Å². The summed E-state index contributed by atoms with van der Waals surface area (Å²) < 4.78 is 11.3. The Balaban J connectivity index is 2.09. The van der Waals surface area contributed by atoms with Gasteiger partial charge in [0.05, 0.1) is 25.0 Å². The van der Waals surface area contributed by atoms with Gasteiger partial charge in [-0.3, -0.25) is 4.79 Å². The lowest BCUT2D eigenvalue weighted by Gasteiger charge is -2.06. The lowest BCUT2D eigenvalue weighted by atomic mass is 10.2. The zero-order chi connectivity index (χ0) is 13.7. The number of nitrogens with two attached hydrogens (primary N) is 1. The van der Waals surface area contributed by atoms with Gasteiger partial charge in [-0.05, 0) is 19.1 Å². The van der Waals surface area contributed by atoms with E-state index in [2.05, 4.69) is 5.32 Å². The highest BCUT2D eigenvalue weighted by atomic mass is 16.5. The molecule has 0 spiro atoms. The van der Waals surface area contributed by atoms with Crippen molar-refractivity contribution in [2.45, 2.75) is 19.9 Å². The Bertz CT molecular complexity index is 563. The van der Waals surface area contributed by atoms with E-state index in [9.17, 15) is 4.79 Å². The van der Waals surface area contributed by atoms with Gasteiger partial charge in [0, 0.05) is 6.54 Å². The predicted octanol–water partition coefficient (Wildman–Crippen LogP) is 1.80.